The monoisotopic (exact) mass is 414 g/mol. The number of rotatable bonds is 6. The molecule has 3 N–H and O–H groups in total. The van der Waals surface area contributed by atoms with Gasteiger partial charge in [-0.25, -0.2) is 14.3 Å². The number of thiophene rings is 1. The van der Waals surface area contributed by atoms with Crippen LogP contribution in [0.15, 0.2) is 40.3 Å². The molecule has 0 amide bonds. The van der Waals surface area contributed by atoms with Crippen molar-refractivity contribution < 1.29 is 31.9 Å². The van der Waals surface area contributed by atoms with Gasteiger partial charge in [0.25, 0.3) is 6.08 Å². The quantitative estimate of drug-likeness (QED) is 0.705. The van der Waals surface area contributed by atoms with E-state index in [9.17, 15) is 26.7 Å². The number of nitrogens with two attached hydrogens (primary N) is 1. The van der Waals surface area contributed by atoms with E-state index in [0.29, 0.717) is 13.0 Å². The molecule has 2 rings (SSSR count). The van der Waals surface area contributed by atoms with E-state index in [0.717, 1.165) is 9.56 Å². The fourth-order valence-corrected chi connectivity index (χ4v) is 2.40. The van der Waals surface area contributed by atoms with Crippen LogP contribution in [0.4, 0.5) is 22.0 Å². The van der Waals surface area contributed by atoms with E-state index >= 15 is 0 Å². The molecule has 0 aliphatic carbocycles. The van der Waals surface area contributed by atoms with Crippen LogP contribution in [0.2, 0.25) is 0 Å². The van der Waals surface area contributed by atoms with Crippen LogP contribution in [0.5, 0.6) is 0 Å². The first-order chi connectivity index (χ1) is 12.6. The molecule has 0 unspecified atom stereocenters. The maximum absolute atomic E-state index is 12.5. The molecule has 2 heterocycles. The van der Waals surface area contributed by atoms with Gasteiger partial charge in [-0.2, -0.15) is 27.1 Å². The highest BCUT2D eigenvalue weighted by Gasteiger charge is 2.38. The van der Waals surface area contributed by atoms with Crippen LogP contribution >= 0.6 is 11.3 Å². The summed E-state index contributed by atoms with van der Waals surface area (Å²) in [6.45, 7) is -0.0976. The van der Waals surface area contributed by atoms with Crippen LogP contribution in [-0.2, 0) is 24.3 Å². The standard InChI is InChI=1S/C12H14F2N4OS.C2HF3O2/c13-11(14)9(6-15)7-18-12(19)17(8-16-18)4-3-10-2-1-5-20-10;3-2(4,5)1(6)7/h1-2,5,8H,3-4,6-7,15H2;(H,6,7). The average molecular weight is 414 g/mol. The lowest BCUT2D eigenvalue weighted by atomic mass is 10.3. The van der Waals surface area contributed by atoms with Crippen molar-refractivity contribution in [2.45, 2.75) is 25.7 Å². The van der Waals surface area contributed by atoms with E-state index in [1.165, 1.54) is 10.9 Å². The first-order valence-electron chi connectivity index (χ1n) is 7.24. The number of aryl methyl sites for hydroxylation is 2. The predicted molar refractivity (Wildman–Crippen MR) is 86.5 cm³/mol. The van der Waals surface area contributed by atoms with Crippen LogP contribution in [0.25, 0.3) is 0 Å². The summed E-state index contributed by atoms with van der Waals surface area (Å²) in [6.07, 6.45) is -4.87. The number of carboxylic acid groups (broad SMARTS) is 1. The zero-order valence-corrected chi connectivity index (χ0v) is 14.4. The van der Waals surface area contributed by atoms with Crippen LogP contribution in [-0.4, -0.2) is 38.1 Å². The van der Waals surface area contributed by atoms with Crippen molar-refractivity contribution in [3.63, 3.8) is 0 Å². The Balaban J connectivity index is 0.000000445. The van der Waals surface area contributed by atoms with Gasteiger partial charge in [0.1, 0.15) is 6.33 Å². The summed E-state index contributed by atoms with van der Waals surface area (Å²) >= 11 is 1.61. The minimum Gasteiger partial charge on any atom is -0.475 e. The van der Waals surface area contributed by atoms with Crippen LogP contribution in [0.1, 0.15) is 4.88 Å². The molecule has 0 saturated carbocycles. The number of carbonyl (C=O) groups is 1. The van der Waals surface area contributed by atoms with Crippen molar-refractivity contribution in [2.75, 3.05) is 6.54 Å². The average Bonchev–Trinajstić information content (AvgIpc) is 3.20. The van der Waals surface area contributed by atoms with Crippen molar-refractivity contribution in [3.8, 4) is 0 Å². The molecular weight excluding hydrogens is 399 g/mol. The topological polar surface area (TPSA) is 103 Å². The Bertz CT molecular complexity index is 823. The summed E-state index contributed by atoms with van der Waals surface area (Å²) in [5.41, 5.74) is 4.52. The minimum absolute atomic E-state index is 0.274. The molecule has 13 heteroatoms. The molecule has 0 spiro atoms. The van der Waals surface area contributed by atoms with Crippen molar-refractivity contribution in [3.05, 3.63) is 50.9 Å². The Labute approximate surface area is 153 Å². The van der Waals surface area contributed by atoms with E-state index < -0.39 is 23.9 Å². The molecule has 27 heavy (non-hydrogen) atoms. The van der Waals surface area contributed by atoms with Crippen LogP contribution in [0.3, 0.4) is 0 Å². The second-order valence-electron chi connectivity index (χ2n) is 4.96. The number of hydrogen-bond donors (Lipinski definition) is 2. The highest BCUT2D eigenvalue weighted by molar-refractivity contribution is 7.09. The van der Waals surface area contributed by atoms with Gasteiger partial charge in [0, 0.05) is 23.5 Å². The van der Waals surface area contributed by atoms with Crippen LogP contribution in [0, 0.1) is 0 Å². The number of nitrogens with zero attached hydrogens (tertiary/aromatic N) is 3. The molecule has 0 aliphatic heterocycles. The van der Waals surface area contributed by atoms with E-state index in [-0.39, 0.29) is 18.7 Å². The third-order valence-corrected chi connectivity index (χ3v) is 4.01. The Hall–Kier alpha value is -2.54. The highest BCUT2D eigenvalue weighted by atomic mass is 32.1. The van der Waals surface area contributed by atoms with Gasteiger partial charge >= 0.3 is 17.8 Å². The Kier molecular flexibility index (Phi) is 8.31. The number of halogens is 5. The van der Waals surface area contributed by atoms with Gasteiger partial charge in [-0.3, -0.25) is 4.57 Å². The molecule has 2 aromatic rings. The number of carboxylic acids is 1. The highest BCUT2D eigenvalue weighted by Crippen LogP contribution is 2.13. The smallest absolute Gasteiger partial charge is 0.475 e. The summed E-state index contributed by atoms with van der Waals surface area (Å²) in [7, 11) is 0. The lowest BCUT2D eigenvalue weighted by Gasteiger charge is -2.02. The Morgan fingerprint density at radius 3 is 2.41 bits per heavy atom. The lowest BCUT2D eigenvalue weighted by Crippen LogP contribution is -2.27. The Morgan fingerprint density at radius 2 is 1.96 bits per heavy atom. The summed E-state index contributed by atoms with van der Waals surface area (Å²) in [5, 5.41) is 12.9. The normalized spacial score (nSPS) is 10.9. The van der Waals surface area contributed by atoms with E-state index in [1.54, 1.807) is 11.3 Å². The molecule has 0 fully saturated rings. The number of alkyl halides is 3. The molecule has 0 aliphatic rings. The molecule has 0 atom stereocenters. The van der Waals surface area contributed by atoms with E-state index in [4.69, 9.17) is 15.6 Å². The van der Waals surface area contributed by atoms with Crippen LogP contribution < -0.4 is 11.4 Å². The summed E-state index contributed by atoms with van der Waals surface area (Å²) in [4.78, 5) is 22.0. The Morgan fingerprint density at radius 1 is 1.33 bits per heavy atom. The fourth-order valence-electron chi connectivity index (χ4n) is 1.70. The summed E-state index contributed by atoms with van der Waals surface area (Å²) in [5.74, 6) is -2.76. The third-order valence-electron chi connectivity index (χ3n) is 3.07. The summed E-state index contributed by atoms with van der Waals surface area (Å²) in [6, 6.07) is 3.92. The van der Waals surface area contributed by atoms with Gasteiger partial charge in [-0.15, -0.1) is 11.3 Å². The maximum Gasteiger partial charge on any atom is 0.490 e. The first-order valence-corrected chi connectivity index (χ1v) is 8.12. The van der Waals surface area contributed by atoms with Gasteiger partial charge in [0.2, 0.25) is 0 Å². The molecule has 2 aromatic heterocycles. The van der Waals surface area contributed by atoms with E-state index in [1.807, 2.05) is 17.5 Å². The maximum atomic E-state index is 12.5. The van der Waals surface area contributed by atoms with Crippen molar-refractivity contribution in [1.82, 2.24) is 14.3 Å². The second kappa shape index (κ2) is 9.97. The van der Waals surface area contributed by atoms with Gasteiger partial charge in [-0.05, 0) is 17.9 Å². The van der Waals surface area contributed by atoms with Gasteiger partial charge in [-0.1, -0.05) is 6.07 Å². The number of aliphatic carboxylic acids is 1. The van der Waals surface area contributed by atoms with Crippen molar-refractivity contribution >= 4 is 17.3 Å². The predicted octanol–water partition coefficient (Wildman–Crippen LogP) is 2.09. The van der Waals surface area contributed by atoms with Gasteiger partial charge in [0.05, 0.1) is 6.54 Å². The third kappa shape index (κ3) is 7.30. The molecule has 0 aromatic carbocycles. The van der Waals surface area contributed by atoms with Crippen molar-refractivity contribution in [2.24, 2.45) is 5.73 Å². The zero-order valence-electron chi connectivity index (χ0n) is 13.6. The van der Waals surface area contributed by atoms with E-state index in [2.05, 4.69) is 5.10 Å². The molecule has 150 valence electrons. The summed E-state index contributed by atoms with van der Waals surface area (Å²) < 4.78 is 59.2. The van der Waals surface area contributed by atoms with Gasteiger partial charge < -0.3 is 10.8 Å². The molecule has 7 nitrogen and oxygen atoms in total. The largest absolute Gasteiger partial charge is 0.490 e. The molecule has 0 radical (unpaired) electrons. The fraction of sp³-hybridized carbons (Fsp3) is 0.357. The SMILES string of the molecule is NCC(Cn1ncn(CCc2cccs2)c1=O)=C(F)F.O=C(O)C(F)(F)F. The lowest BCUT2D eigenvalue weighted by molar-refractivity contribution is -0.192. The molecule has 0 bridgehead atoms. The number of hydrogen-bond acceptors (Lipinski definition) is 5. The molecular formula is C14H15F5N4O3S. The zero-order chi connectivity index (χ0) is 20.6. The first kappa shape index (κ1) is 22.5. The van der Waals surface area contributed by atoms with Gasteiger partial charge in [0.15, 0.2) is 0 Å². The minimum atomic E-state index is -5.08. The second-order valence-corrected chi connectivity index (χ2v) is 6.00. The number of aromatic nitrogens is 3. The molecule has 0 saturated heterocycles. The van der Waals surface area contributed by atoms with Crippen molar-refractivity contribution in [1.29, 1.82) is 0 Å².